The average Bonchev–Trinajstić information content (AvgIpc) is 2.58. The average molecular weight is 371 g/mol. The molecule has 0 atom stereocenters. The van der Waals surface area contributed by atoms with E-state index < -0.39 is 17.4 Å². The van der Waals surface area contributed by atoms with Gasteiger partial charge in [0, 0.05) is 11.1 Å². The number of rotatable bonds is 5. The molecule has 1 aromatic carbocycles. The Morgan fingerprint density at radius 2 is 1.81 bits per heavy atom. The van der Waals surface area contributed by atoms with Crippen LogP contribution in [-0.2, 0) is 10.2 Å². The van der Waals surface area contributed by atoms with Gasteiger partial charge in [0.2, 0.25) is 0 Å². The van der Waals surface area contributed by atoms with E-state index >= 15 is 0 Å². The normalized spacial score (nSPS) is 11.1. The number of amides is 1. The van der Waals surface area contributed by atoms with E-state index in [9.17, 15) is 14.4 Å². The maximum Gasteiger partial charge on any atom is 0.338 e. The number of nitrogens with one attached hydrogen (secondary N) is 2. The van der Waals surface area contributed by atoms with Crippen LogP contribution < -0.4 is 10.9 Å². The van der Waals surface area contributed by atoms with Crippen molar-refractivity contribution in [1.82, 2.24) is 9.97 Å². The van der Waals surface area contributed by atoms with Crippen LogP contribution in [0.1, 0.15) is 66.4 Å². The van der Waals surface area contributed by atoms with Crippen LogP contribution in [0.3, 0.4) is 0 Å². The SMILES string of the molecule is CCCOC(=O)c1ccc(NC(=O)c2c(C)nc(C(C)(C)C)[nH]c2=O)cc1. The van der Waals surface area contributed by atoms with E-state index in [1.54, 1.807) is 31.2 Å². The molecule has 7 nitrogen and oxygen atoms in total. The van der Waals surface area contributed by atoms with Gasteiger partial charge in [-0.25, -0.2) is 9.78 Å². The van der Waals surface area contributed by atoms with E-state index in [4.69, 9.17) is 4.74 Å². The van der Waals surface area contributed by atoms with Crippen molar-refractivity contribution in [2.24, 2.45) is 0 Å². The predicted octanol–water partition coefficient (Wildman–Crippen LogP) is 3.19. The van der Waals surface area contributed by atoms with E-state index in [1.165, 1.54) is 0 Å². The van der Waals surface area contributed by atoms with Gasteiger partial charge in [-0.3, -0.25) is 9.59 Å². The van der Waals surface area contributed by atoms with Gasteiger partial charge in [-0.05, 0) is 37.6 Å². The summed E-state index contributed by atoms with van der Waals surface area (Å²) in [5.41, 5.74) is 0.374. The van der Waals surface area contributed by atoms with Crippen LogP contribution in [0.25, 0.3) is 0 Å². The minimum absolute atomic E-state index is 0.0329. The molecule has 2 rings (SSSR count). The number of H-pyrrole nitrogens is 1. The van der Waals surface area contributed by atoms with Crippen molar-refractivity contribution in [3.8, 4) is 0 Å². The quantitative estimate of drug-likeness (QED) is 0.786. The molecule has 0 aliphatic rings. The van der Waals surface area contributed by atoms with Gasteiger partial charge < -0.3 is 15.0 Å². The number of carbonyl (C=O) groups is 2. The lowest BCUT2D eigenvalue weighted by molar-refractivity contribution is 0.0505. The molecule has 1 heterocycles. The number of esters is 1. The molecule has 7 heteroatoms. The third kappa shape index (κ3) is 5.03. The molecular weight excluding hydrogens is 346 g/mol. The van der Waals surface area contributed by atoms with Gasteiger partial charge in [-0.15, -0.1) is 0 Å². The Hall–Kier alpha value is -2.96. The van der Waals surface area contributed by atoms with Crippen molar-refractivity contribution in [3.63, 3.8) is 0 Å². The minimum Gasteiger partial charge on any atom is -0.462 e. The molecule has 0 saturated heterocycles. The zero-order valence-electron chi connectivity index (χ0n) is 16.3. The molecule has 0 aliphatic heterocycles. The summed E-state index contributed by atoms with van der Waals surface area (Å²) < 4.78 is 5.06. The lowest BCUT2D eigenvalue weighted by Crippen LogP contribution is -2.30. The summed E-state index contributed by atoms with van der Waals surface area (Å²) in [4.78, 5) is 43.7. The van der Waals surface area contributed by atoms with Crippen molar-refractivity contribution in [3.05, 3.63) is 57.3 Å². The Balaban J connectivity index is 2.18. The van der Waals surface area contributed by atoms with E-state index in [0.29, 0.717) is 29.4 Å². The number of aromatic amines is 1. The summed E-state index contributed by atoms with van der Waals surface area (Å²) in [6.07, 6.45) is 0.746. The fraction of sp³-hybridized carbons (Fsp3) is 0.400. The van der Waals surface area contributed by atoms with Crippen molar-refractivity contribution in [1.29, 1.82) is 0 Å². The number of nitrogens with zero attached hydrogens (tertiary/aromatic N) is 1. The second kappa shape index (κ2) is 8.16. The topological polar surface area (TPSA) is 101 Å². The molecule has 144 valence electrons. The van der Waals surface area contributed by atoms with Crippen LogP contribution in [0, 0.1) is 6.92 Å². The van der Waals surface area contributed by atoms with Gasteiger partial charge in [0.05, 0.1) is 17.9 Å². The van der Waals surface area contributed by atoms with E-state index in [-0.39, 0.29) is 11.0 Å². The Bertz CT molecular complexity index is 893. The summed E-state index contributed by atoms with van der Waals surface area (Å²) in [6, 6.07) is 6.29. The van der Waals surface area contributed by atoms with Crippen molar-refractivity contribution in [2.75, 3.05) is 11.9 Å². The molecule has 0 fully saturated rings. The Morgan fingerprint density at radius 1 is 1.19 bits per heavy atom. The van der Waals surface area contributed by atoms with E-state index in [2.05, 4.69) is 15.3 Å². The number of aromatic nitrogens is 2. The van der Waals surface area contributed by atoms with Crippen molar-refractivity contribution >= 4 is 17.6 Å². The van der Waals surface area contributed by atoms with Gasteiger partial charge in [0.15, 0.2) is 0 Å². The highest BCUT2D eigenvalue weighted by Gasteiger charge is 2.22. The van der Waals surface area contributed by atoms with Crippen LogP contribution >= 0.6 is 0 Å². The third-order valence-corrected chi connectivity index (χ3v) is 3.85. The van der Waals surface area contributed by atoms with Gasteiger partial charge in [-0.1, -0.05) is 27.7 Å². The minimum atomic E-state index is -0.553. The Kier molecular flexibility index (Phi) is 6.15. The Labute approximate surface area is 158 Å². The fourth-order valence-electron chi connectivity index (χ4n) is 2.37. The molecule has 1 amide bonds. The van der Waals surface area contributed by atoms with E-state index in [0.717, 1.165) is 6.42 Å². The second-order valence-corrected chi connectivity index (χ2v) is 7.29. The van der Waals surface area contributed by atoms with Gasteiger partial charge in [0.1, 0.15) is 11.4 Å². The lowest BCUT2D eigenvalue weighted by atomic mass is 9.95. The molecule has 0 unspecified atom stereocenters. The molecule has 0 spiro atoms. The van der Waals surface area contributed by atoms with Crippen molar-refractivity contribution in [2.45, 2.75) is 46.5 Å². The second-order valence-electron chi connectivity index (χ2n) is 7.29. The molecular formula is C20H25N3O4. The first-order chi connectivity index (χ1) is 12.6. The molecule has 0 bridgehead atoms. The number of anilines is 1. The van der Waals surface area contributed by atoms with Crippen LogP contribution in [0.5, 0.6) is 0 Å². The summed E-state index contributed by atoms with van der Waals surface area (Å²) >= 11 is 0. The molecule has 0 saturated carbocycles. The summed E-state index contributed by atoms with van der Waals surface area (Å²) in [6.45, 7) is 9.69. The molecule has 0 aliphatic carbocycles. The van der Waals surface area contributed by atoms with Crippen LogP contribution in [0.15, 0.2) is 29.1 Å². The van der Waals surface area contributed by atoms with Crippen LogP contribution in [0.4, 0.5) is 5.69 Å². The molecule has 0 radical (unpaired) electrons. The molecule has 1 aromatic heterocycles. The Morgan fingerprint density at radius 3 is 2.33 bits per heavy atom. The summed E-state index contributed by atoms with van der Waals surface area (Å²) in [7, 11) is 0. The number of hydrogen-bond donors (Lipinski definition) is 2. The monoisotopic (exact) mass is 371 g/mol. The van der Waals surface area contributed by atoms with Gasteiger partial charge in [-0.2, -0.15) is 0 Å². The summed E-state index contributed by atoms with van der Waals surface area (Å²) in [5, 5.41) is 2.66. The highest BCUT2D eigenvalue weighted by atomic mass is 16.5. The number of carbonyl (C=O) groups excluding carboxylic acids is 2. The van der Waals surface area contributed by atoms with Crippen molar-refractivity contribution < 1.29 is 14.3 Å². The largest absolute Gasteiger partial charge is 0.462 e. The van der Waals surface area contributed by atoms with Crippen LogP contribution in [0.2, 0.25) is 0 Å². The summed E-state index contributed by atoms with van der Waals surface area (Å²) in [5.74, 6) is -0.441. The van der Waals surface area contributed by atoms with E-state index in [1.807, 2.05) is 27.7 Å². The maximum absolute atomic E-state index is 12.5. The first kappa shape index (κ1) is 20.4. The smallest absolute Gasteiger partial charge is 0.338 e. The maximum atomic E-state index is 12.5. The zero-order valence-corrected chi connectivity index (χ0v) is 16.3. The molecule has 2 aromatic rings. The highest BCUT2D eigenvalue weighted by Crippen LogP contribution is 2.18. The van der Waals surface area contributed by atoms with Gasteiger partial charge in [0.25, 0.3) is 11.5 Å². The highest BCUT2D eigenvalue weighted by molar-refractivity contribution is 6.04. The standard InChI is InChI=1S/C20H25N3O4/c1-6-11-27-18(26)13-7-9-14(10-8-13)22-16(24)15-12(2)21-19(20(3,4)5)23-17(15)25/h7-10H,6,11H2,1-5H3,(H,22,24)(H,21,23,25). The zero-order chi connectivity index (χ0) is 20.2. The first-order valence-corrected chi connectivity index (χ1v) is 8.83. The molecule has 2 N–H and O–H groups in total. The third-order valence-electron chi connectivity index (χ3n) is 3.85. The number of benzene rings is 1. The fourth-order valence-corrected chi connectivity index (χ4v) is 2.37. The first-order valence-electron chi connectivity index (χ1n) is 8.83. The number of hydrogen-bond acceptors (Lipinski definition) is 5. The lowest BCUT2D eigenvalue weighted by Gasteiger charge is -2.18. The number of aryl methyl sites for hydroxylation is 1. The van der Waals surface area contributed by atoms with Gasteiger partial charge >= 0.3 is 5.97 Å². The predicted molar refractivity (Wildman–Crippen MR) is 103 cm³/mol. The van der Waals surface area contributed by atoms with Crippen LogP contribution in [-0.4, -0.2) is 28.5 Å². The molecule has 27 heavy (non-hydrogen) atoms. The number of ether oxygens (including phenoxy) is 1.